The van der Waals surface area contributed by atoms with Gasteiger partial charge < -0.3 is 10.1 Å². The van der Waals surface area contributed by atoms with Gasteiger partial charge in [-0.1, -0.05) is 6.07 Å². The lowest BCUT2D eigenvalue weighted by atomic mass is 10.3. The van der Waals surface area contributed by atoms with Gasteiger partial charge in [0.1, 0.15) is 0 Å². The van der Waals surface area contributed by atoms with E-state index in [9.17, 15) is 4.79 Å². The average molecular weight is 203 g/mol. The van der Waals surface area contributed by atoms with Crippen molar-refractivity contribution < 1.29 is 9.53 Å². The van der Waals surface area contributed by atoms with Crippen molar-refractivity contribution >= 4 is 12.3 Å². The minimum atomic E-state index is -0.432. The fraction of sp³-hybridized carbons (Fsp3) is 0.100. The van der Waals surface area contributed by atoms with Crippen LogP contribution >= 0.6 is 0 Å². The van der Waals surface area contributed by atoms with Crippen LogP contribution in [0, 0.1) is 0 Å². The monoisotopic (exact) mass is 203 g/mol. The third-order valence-electron chi connectivity index (χ3n) is 1.78. The normalized spacial score (nSPS) is 14.0. The maximum atomic E-state index is 11.5. The summed E-state index contributed by atoms with van der Waals surface area (Å²) in [5.74, 6) is -0.143. The van der Waals surface area contributed by atoms with Crippen molar-refractivity contribution in [3.63, 3.8) is 0 Å². The van der Waals surface area contributed by atoms with Crippen LogP contribution < -0.4 is 10.1 Å². The number of aromatic nitrogens is 1. The van der Waals surface area contributed by atoms with Crippen molar-refractivity contribution in [3.05, 3.63) is 36.2 Å². The van der Waals surface area contributed by atoms with E-state index in [-0.39, 0.29) is 5.88 Å². The summed E-state index contributed by atoms with van der Waals surface area (Å²) in [6.45, 7) is 0.332. The second kappa shape index (κ2) is 4.36. The zero-order chi connectivity index (χ0) is 10.5. The quantitative estimate of drug-likeness (QED) is 0.711. The molecule has 0 bridgehead atoms. The number of nitrogens with zero attached hydrogens (tertiary/aromatic N) is 2. The van der Waals surface area contributed by atoms with Crippen molar-refractivity contribution in [2.45, 2.75) is 0 Å². The number of aliphatic imine (C=N–C) groups is 1. The van der Waals surface area contributed by atoms with Crippen molar-refractivity contribution in [2.24, 2.45) is 4.99 Å². The molecule has 15 heavy (non-hydrogen) atoms. The molecule has 5 heteroatoms. The van der Waals surface area contributed by atoms with E-state index in [1.165, 1.54) is 6.34 Å². The Labute approximate surface area is 86.5 Å². The van der Waals surface area contributed by atoms with Crippen LogP contribution in [0.4, 0.5) is 0 Å². The topological polar surface area (TPSA) is 63.6 Å². The van der Waals surface area contributed by atoms with E-state index in [0.29, 0.717) is 12.1 Å². The molecular formula is C10H9N3O2. The molecule has 1 aliphatic rings. The molecule has 0 atom stereocenters. The lowest BCUT2D eigenvalue weighted by Crippen LogP contribution is -2.20. The fourth-order valence-electron chi connectivity index (χ4n) is 1.07. The van der Waals surface area contributed by atoms with Crippen molar-refractivity contribution in [2.75, 3.05) is 6.54 Å². The predicted octanol–water partition coefficient (Wildman–Crippen LogP) is 0.502. The van der Waals surface area contributed by atoms with Crippen LogP contribution in [0.2, 0.25) is 0 Å². The summed E-state index contributed by atoms with van der Waals surface area (Å²) in [5, 5.41) is 2.73. The third-order valence-corrected chi connectivity index (χ3v) is 1.78. The molecule has 0 radical (unpaired) electrons. The Hall–Kier alpha value is -2.17. The summed E-state index contributed by atoms with van der Waals surface area (Å²) < 4.78 is 5.02. The summed E-state index contributed by atoms with van der Waals surface area (Å²) >= 11 is 0. The van der Waals surface area contributed by atoms with Crippen LogP contribution in [0.15, 0.2) is 41.2 Å². The number of rotatable bonds is 2. The number of carbonyl (C=O) groups excluding carboxylic acids is 1. The molecule has 0 amide bonds. The van der Waals surface area contributed by atoms with Gasteiger partial charge >= 0.3 is 5.97 Å². The van der Waals surface area contributed by atoms with Gasteiger partial charge in [0.25, 0.3) is 0 Å². The van der Waals surface area contributed by atoms with E-state index in [4.69, 9.17) is 4.74 Å². The standard InChI is InChI=1S/C10H9N3O2/c14-10(8-5-11-7-12-6-8)15-9-3-1-2-4-13-9/h1-5,7H,6H2,(H,11,12). The molecule has 1 aliphatic heterocycles. The molecular weight excluding hydrogens is 194 g/mol. The van der Waals surface area contributed by atoms with Gasteiger partial charge in [-0.05, 0) is 6.07 Å². The van der Waals surface area contributed by atoms with Crippen molar-refractivity contribution in [1.29, 1.82) is 0 Å². The van der Waals surface area contributed by atoms with Gasteiger partial charge in [-0.2, -0.15) is 0 Å². The van der Waals surface area contributed by atoms with Crippen LogP contribution in [-0.4, -0.2) is 23.8 Å². The molecule has 0 saturated heterocycles. The molecule has 5 nitrogen and oxygen atoms in total. The van der Waals surface area contributed by atoms with Crippen LogP contribution in [0.3, 0.4) is 0 Å². The first-order valence-corrected chi connectivity index (χ1v) is 4.43. The number of esters is 1. The van der Waals surface area contributed by atoms with E-state index < -0.39 is 5.97 Å². The maximum absolute atomic E-state index is 11.5. The molecule has 0 fully saturated rings. The van der Waals surface area contributed by atoms with Gasteiger partial charge in [0.2, 0.25) is 5.88 Å². The zero-order valence-corrected chi connectivity index (χ0v) is 7.88. The second-order valence-corrected chi connectivity index (χ2v) is 2.86. The van der Waals surface area contributed by atoms with Crippen LogP contribution in [0.5, 0.6) is 5.88 Å². The van der Waals surface area contributed by atoms with Crippen LogP contribution in [0.25, 0.3) is 0 Å². The Balaban J connectivity index is 2.01. The molecule has 1 N–H and O–H groups in total. The highest BCUT2D eigenvalue weighted by Gasteiger charge is 2.13. The Bertz CT molecular complexity index is 412. The first-order chi connectivity index (χ1) is 7.36. The molecule has 2 heterocycles. The smallest absolute Gasteiger partial charge is 0.344 e. The van der Waals surface area contributed by atoms with Crippen LogP contribution in [-0.2, 0) is 4.79 Å². The summed E-state index contributed by atoms with van der Waals surface area (Å²) in [4.78, 5) is 19.3. The minimum absolute atomic E-state index is 0.290. The van der Waals surface area contributed by atoms with Gasteiger partial charge in [-0.3, -0.25) is 4.99 Å². The lowest BCUT2D eigenvalue weighted by Gasteiger charge is -2.07. The molecule has 0 spiro atoms. The number of nitrogens with one attached hydrogen (secondary N) is 1. The summed E-state index contributed by atoms with van der Waals surface area (Å²) in [5.41, 5.74) is 0.475. The number of pyridine rings is 1. The Morgan fingerprint density at radius 1 is 1.47 bits per heavy atom. The van der Waals surface area contributed by atoms with E-state index >= 15 is 0 Å². The van der Waals surface area contributed by atoms with E-state index in [1.807, 2.05) is 0 Å². The molecule has 0 aromatic carbocycles. The lowest BCUT2D eigenvalue weighted by molar-refractivity contribution is -0.130. The highest BCUT2D eigenvalue weighted by atomic mass is 16.5. The maximum Gasteiger partial charge on any atom is 0.344 e. The molecule has 2 rings (SSSR count). The van der Waals surface area contributed by atoms with Gasteiger partial charge in [0, 0.05) is 18.5 Å². The SMILES string of the molecule is O=C(Oc1ccccn1)C1=CNC=NC1. The highest BCUT2D eigenvalue weighted by molar-refractivity contribution is 5.91. The van der Waals surface area contributed by atoms with E-state index in [1.54, 1.807) is 30.6 Å². The average Bonchev–Trinajstić information content (AvgIpc) is 2.31. The van der Waals surface area contributed by atoms with Crippen molar-refractivity contribution in [1.82, 2.24) is 10.3 Å². The highest BCUT2D eigenvalue weighted by Crippen LogP contribution is 2.07. The summed E-state index contributed by atoms with van der Waals surface area (Å²) in [6.07, 6.45) is 4.66. The molecule has 0 aliphatic carbocycles. The van der Waals surface area contributed by atoms with Gasteiger partial charge in [0.05, 0.1) is 18.5 Å². The van der Waals surface area contributed by atoms with E-state index in [2.05, 4.69) is 15.3 Å². The number of hydrogen-bond donors (Lipinski definition) is 1. The zero-order valence-electron chi connectivity index (χ0n) is 7.88. The second-order valence-electron chi connectivity index (χ2n) is 2.86. The molecule has 0 saturated carbocycles. The summed E-state index contributed by atoms with van der Waals surface area (Å²) in [7, 11) is 0. The number of carbonyl (C=O) groups is 1. The fourth-order valence-corrected chi connectivity index (χ4v) is 1.07. The Morgan fingerprint density at radius 2 is 2.40 bits per heavy atom. The van der Waals surface area contributed by atoms with Crippen molar-refractivity contribution in [3.8, 4) is 5.88 Å². The van der Waals surface area contributed by atoms with Gasteiger partial charge in [-0.25, -0.2) is 9.78 Å². The number of hydrogen-bond acceptors (Lipinski definition) is 5. The van der Waals surface area contributed by atoms with Crippen LogP contribution in [0.1, 0.15) is 0 Å². The Kier molecular flexibility index (Phi) is 2.73. The predicted molar refractivity (Wildman–Crippen MR) is 54.4 cm³/mol. The molecule has 1 aromatic heterocycles. The molecule has 1 aromatic rings. The van der Waals surface area contributed by atoms with E-state index in [0.717, 1.165) is 0 Å². The van der Waals surface area contributed by atoms with Gasteiger partial charge in [0.15, 0.2) is 0 Å². The minimum Gasteiger partial charge on any atom is -0.404 e. The third kappa shape index (κ3) is 2.40. The molecule has 76 valence electrons. The van der Waals surface area contributed by atoms with Gasteiger partial charge in [-0.15, -0.1) is 0 Å². The largest absolute Gasteiger partial charge is 0.404 e. The Morgan fingerprint density at radius 3 is 3.07 bits per heavy atom. The number of ether oxygens (including phenoxy) is 1. The first-order valence-electron chi connectivity index (χ1n) is 4.43. The molecule has 0 unspecified atom stereocenters. The summed E-state index contributed by atoms with van der Waals surface area (Å²) in [6, 6.07) is 5.13. The first kappa shape index (κ1) is 9.39.